The Morgan fingerprint density at radius 1 is 1.56 bits per heavy atom. The summed E-state index contributed by atoms with van der Waals surface area (Å²) in [4.78, 5) is 20.4. The lowest BCUT2D eigenvalue weighted by molar-refractivity contribution is -0.141. The average molecular weight is 237 g/mol. The highest BCUT2D eigenvalue weighted by Crippen LogP contribution is 2.24. The van der Waals surface area contributed by atoms with E-state index in [-0.39, 0.29) is 5.97 Å². The van der Waals surface area contributed by atoms with E-state index < -0.39 is 6.04 Å². The Hall–Kier alpha value is -1.69. The van der Waals surface area contributed by atoms with Crippen LogP contribution in [-0.4, -0.2) is 29.1 Å². The van der Waals surface area contributed by atoms with Gasteiger partial charge in [-0.15, -0.1) is 11.3 Å². The number of thiophene rings is 1. The lowest BCUT2D eigenvalue weighted by Gasteiger charge is -2.12. The van der Waals surface area contributed by atoms with Crippen molar-refractivity contribution in [1.82, 2.24) is 9.97 Å². The van der Waals surface area contributed by atoms with Crippen LogP contribution in [0.25, 0.3) is 10.2 Å². The predicted octanol–water partition coefficient (Wildman–Crippen LogP) is 1.66. The Labute approximate surface area is 96.5 Å². The number of carbonyl (C=O) groups excluding carboxylic acids is 1. The van der Waals surface area contributed by atoms with Crippen LogP contribution in [0.1, 0.15) is 6.92 Å². The standard InChI is InChI=1S/C10H11N3O2S/c1-6(10(14)15-2)13-8-7-3-4-16-9(7)12-5-11-8/h3-6H,1-2H3,(H,11,12,13). The highest BCUT2D eigenvalue weighted by Gasteiger charge is 2.14. The van der Waals surface area contributed by atoms with E-state index in [2.05, 4.69) is 20.0 Å². The second-order valence-electron chi connectivity index (χ2n) is 3.25. The summed E-state index contributed by atoms with van der Waals surface area (Å²) in [6, 6.07) is 1.50. The van der Waals surface area contributed by atoms with Crippen molar-refractivity contribution in [2.75, 3.05) is 12.4 Å². The van der Waals surface area contributed by atoms with E-state index in [0.717, 1.165) is 10.2 Å². The molecule has 0 aliphatic rings. The summed E-state index contributed by atoms with van der Waals surface area (Å²) >= 11 is 1.54. The maximum absolute atomic E-state index is 11.3. The predicted molar refractivity (Wildman–Crippen MR) is 62.5 cm³/mol. The van der Waals surface area contributed by atoms with Gasteiger partial charge in [-0.05, 0) is 18.4 Å². The molecule has 0 bridgehead atoms. The molecule has 0 aromatic carbocycles. The van der Waals surface area contributed by atoms with Gasteiger partial charge in [0.05, 0.1) is 12.5 Å². The first-order valence-corrected chi connectivity index (χ1v) is 5.63. The minimum absolute atomic E-state index is 0.318. The molecule has 84 valence electrons. The smallest absolute Gasteiger partial charge is 0.328 e. The van der Waals surface area contributed by atoms with Crippen molar-refractivity contribution in [2.24, 2.45) is 0 Å². The van der Waals surface area contributed by atoms with Crippen LogP contribution in [0.2, 0.25) is 0 Å². The monoisotopic (exact) mass is 237 g/mol. The van der Waals surface area contributed by atoms with Crippen LogP contribution in [0.3, 0.4) is 0 Å². The molecule has 2 aromatic heterocycles. The van der Waals surface area contributed by atoms with E-state index in [1.54, 1.807) is 6.92 Å². The molecule has 2 rings (SSSR count). The zero-order valence-electron chi connectivity index (χ0n) is 8.93. The molecule has 1 N–H and O–H groups in total. The fourth-order valence-corrected chi connectivity index (χ4v) is 2.08. The van der Waals surface area contributed by atoms with Gasteiger partial charge in [-0.3, -0.25) is 0 Å². The molecular weight excluding hydrogens is 226 g/mol. The van der Waals surface area contributed by atoms with Crippen molar-refractivity contribution >= 4 is 33.3 Å². The molecule has 0 fully saturated rings. The molecule has 0 spiro atoms. The number of anilines is 1. The van der Waals surface area contributed by atoms with Gasteiger partial charge in [0.2, 0.25) is 0 Å². The summed E-state index contributed by atoms with van der Waals surface area (Å²) < 4.78 is 4.64. The Morgan fingerprint density at radius 2 is 2.38 bits per heavy atom. The summed E-state index contributed by atoms with van der Waals surface area (Å²) in [7, 11) is 1.36. The van der Waals surface area contributed by atoms with Crippen LogP contribution in [0.15, 0.2) is 17.8 Å². The lowest BCUT2D eigenvalue weighted by Crippen LogP contribution is -2.27. The van der Waals surface area contributed by atoms with Gasteiger partial charge in [-0.25, -0.2) is 14.8 Å². The first-order valence-electron chi connectivity index (χ1n) is 4.75. The zero-order valence-corrected chi connectivity index (χ0v) is 9.75. The number of nitrogens with one attached hydrogen (secondary N) is 1. The minimum atomic E-state index is -0.428. The molecule has 0 aliphatic heterocycles. The van der Waals surface area contributed by atoms with Crippen molar-refractivity contribution in [1.29, 1.82) is 0 Å². The largest absolute Gasteiger partial charge is 0.467 e. The second kappa shape index (κ2) is 4.44. The number of fused-ring (bicyclic) bond motifs is 1. The van der Waals surface area contributed by atoms with Crippen molar-refractivity contribution < 1.29 is 9.53 Å². The Morgan fingerprint density at radius 3 is 3.12 bits per heavy atom. The lowest BCUT2D eigenvalue weighted by atomic mass is 10.3. The number of rotatable bonds is 3. The Kier molecular flexibility index (Phi) is 3.00. The van der Waals surface area contributed by atoms with Gasteiger partial charge in [0, 0.05) is 0 Å². The van der Waals surface area contributed by atoms with Crippen LogP contribution in [-0.2, 0) is 9.53 Å². The molecule has 0 amide bonds. The third kappa shape index (κ3) is 1.96. The SMILES string of the molecule is COC(=O)C(C)Nc1ncnc2sccc12. The molecule has 1 atom stereocenters. The molecule has 0 radical (unpaired) electrons. The molecule has 0 saturated carbocycles. The maximum atomic E-state index is 11.3. The van der Waals surface area contributed by atoms with Crippen LogP contribution in [0, 0.1) is 0 Å². The van der Waals surface area contributed by atoms with Crippen LogP contribution < -0.4 is 5.32 Å². The van der Waals surface area contributed by atoms with E-state index in [4.69, 9.17) is 0 Å². The molecule has 16 heavy (non-hydrogen) atoms. The highest BCUT2D eigenvalue weighted by atomic mass is 32.1. The number of esters is 1. The van der Waals surface area contributed by atoms with Crippen molar-refractivity contribution in [3.05, 3.63) is 17.8 Å². The summed E-state index contributed by atoms with van der Waals surface area (Å²) in [5, 5.41) is 5.86. The van der Waals surface area contributed by atoms with Crippen molar-refractivity contribution in [3.8, 4) is 0 Å². The summed E-state index contributed by atoms with van der Waals surface area (Å²) in [6.45, 7) is 1.73. The molecule has 5 nitrogen and oxygen atoms in total. The number of aromatic nitrogens is 2. The first-order chi connectivity index (χ1) is 7.72. The average Bonchev–Trinajstić information content (AvgIpc) is 2.77. The fraction of sp³-hybridized carbons (Fsp3) is 0.300. The van der Waals surface area contributed by atoms with Gasteiger partial charge in [0.1, 0.15) is 23.0 Å². The summed E-state index contributed by atoms with van der Waals surface area (Å²) in [5.74, 6) is 0.339. The number of nitrogens with zero attached hydrogens (tertiary/aromatic N) is 2. The number of hydrogen-bond donors (Lipinski definition) is 1. The van der Waals surface area contributed by atoms with Gasteiger partial charge < -0.3 is 10.1 Å². The molecule has 2 heterocycles. The minimum Gasteiger partial charge on any atom is -0.467 e. The van der Waals surface area contributed by atoms with Gasteiger partial charge in [0.25, 0.3) is 0 Å². The molecule has 6 heteroatoms. The normalized spacial score (nSPS) is 12.4. The van der Waals surface area contributed by atoms with E-state index in [1.807, 2.05) is 11.4 Å². The summed E-state index contributed by atoms with van der Waals surface area (Å²) in [6.07, 6.45) is 1.48. The molecule has 1 unspecified atom stereocenters. The molecule has 0 aliphatic carbocycles. The Bertz CT molecular complexity index is 511. The third-order valence-corrected chi connectivity index (χ3v) is 2.99. The summed E-state index contributed by atoms with van der Waals surface area (Å²) in [5.41, 5.74) is 0. The number of hydrogen-bond acceptors (Lipinski definition) is 6. The molecular formula is C10H11N3O2S. The van der Waals surface area contributed by atoms with Gasteiger partial charge >= 0.3 is 5.97 Å². The number of ether oxygens (including phenoxy) is 1. The quantitative estimate of drug-likeness (QED) is 0.822. The van der Waals surface area contributed by atoms with Gasteiger partial charge in [-0.2, -0.15) is 0 Å². The maximum Gasteiger partial charge on any atom is 0.328 e. The van der Waals surface area contributed by atoms with Gasteiger partial charge in [0.15, 0.2) is 0 Å². The van der Waals surface area contributed by atoms with E-state index in [9.17, 15) is 4.79 Å². The number of methoxy groups -OCH3 is 1. The van der Waals surface area contributed by atoms with Crippen LogP contribution in [0.4, 0.5) is 5.82 Å². The molecule has 0 saturated heterocycles. The van der Waals surface area contributed by atoms with Crippen molar-refractivity contribution in [3.63, 3.8) is 0 Å². The highest BCUT2D eigenvalue weighted by molar-refractivity contribution is 7.16. The third-order valence-electron chi connectivity index (χ3n) is 2.17. The van der Waals surface area contributed by atoms with Crippen LogP contribution in [0.5, 0.6) is 0 Å². The topological polar surface area (TPSA) is 64.1 Å². The first kappa shape index (κ1) is 10.8. The van der Waals surface area contributed by atoms with E-state index in [0.29, 0.717) is 5.82 Å². The van der Waals surface area contributed by atoms with Crippen LogP contribution >= 0.6 is 11.3 Å². The van der Waals surface area contributed by atoms with Crippen molar-refractivity contribution in [2.45, 2.75) is 13.0 Å². The molecule has 2 aromatic rings. The fourth-order valence-electron chi connectivity index (χ4n) is 1.35. The van der Waals surface area contributed by atoms with E-state index >= 15 is 0 Å². The second-order valence-corrected chi connectivity index (χ2v) is 4.15. The van der Waals surface area contributed by atoms with Gasteiger partial charge in [-0.1, -0.05) is 0 Å². The van der Waals surface area contributed by atoms with E-state index in [1.165, 1.54) is 24.8 Å². The Balaban J connectivity index is 2.27. The zero-order chi connectivity index (χ0) is 11.5. The number of carbonyl (C=O) groups is 1.